The minimum absolute atomic E-state index is 0.268. The van der Waals surface area contributed by atoms with Crippen LogP contribution in [0.1, 0.15) is 24.5 Å². The van der Waals surface area contributed by atoms with Gasteiger partial charge in [0, 0.05) is 15.6 Å². The molecule has 2 aromatic rings. The maximum absolute atomic E-state index is 14.1. The molecule has 112 valence electrons. The number of methoxy groups -OCH3 is 1. The number of hydrogen-bond acceptors (Lipinski definition) is 2. The van der Waals surface area contributed by atoms with Crippen molar-refractivity contribution in [2.45, 2.75) is 25.3 Å². The molecule has 0 amide bonds. The van der Waals surface area contributed by atoms with Crippen LogP contribution in [0.25, 0.3) is 0 Å². The molecule has 0 saturated heterocycles. The van der Waals surface area contributed by atoms with E-state index in [4.69, 9.17) is 10.5 Å². The number of hydrogen-bond donors (Lipinski definition) is 1. The average Bonchev–Trinajstić information content (AvgIpc) is 2.48. The summed E-state index contributed by atoms with van der Waals surface area (Å²) < 4.78 is 20.5. The van der Waals surface area contributed by atoms with Gasteiger partial charge in [0.2, 0.25) is 0 Å². The lowest BCUT2D eigenvalue weighted by Crippen LogP contribution is -2.39. The summed E-state index contributed by atoms with van der Waals surface area (Å²) in [6.07, 6.45) is 1.14. The predicted molar refractivity (Wildman–Crippen MR) is 87.0 cm³/mol. The Kier molecular flexibility index (Phi) is 5.01. The average molecular weight is 352 g/mol. The molecular formula is C17H19BrFNO. The quantitative estimate of drug-likeness (QED) is 0.866. The van der Waals surface area contributed by atoms with Crippen LogP contribution >= 0.6 is 15.9 Å². The smallest absolute Gasteiger partial charge is 0.128 e. The van der Waals surface area contributed by atoms with E-state index in [-0.39, 0.29) is 5.82 Å². The first-order chi connectivity index (χ1) is 10.00. The zero-order chi connectivity index (χ0) is 15.5. The molecule has 0 saturated carbocycles. The second kappa shape index (κ2) is 6.58. The van der Waals surface area contributed by atoms with Gasteiger partial charge in [0.1, 0.15) is 11.6 Å². The highest BCUT2D eigenvalue weighted by atomic mass is 79.9. The van der Waals surface area contributed by atoms with Crippen LogP contribution in [0.5, 0.6) is 5.75 Å². The third-order valence-corrected chi connectivity index (χ3v) is 4.28. The molecule has 1 unspecified atom stereocenters. The molecule has 2 rings (SSSR count). The van der Waals surface area contributed by atoms with Gasteiger partial charge in [-0.3, -0.25) is 0 Å². The first kappa shape index (κ1) is 16.0. The van der Waals surface area contributed by atoms with E-state index < -0.39 is 5.54 Å². The van der Waals surface area contributed by atoms with Gasteiger partial charge in [-0.15, -0.1) is 0 Å². The van der Waals surface area contributed by atoms with E-state index in [1.54, 1.807) is 19.2 Å². The van der Waals surface area contributed by atoms with Crippen LogP contribution in [0.2, 0.25) is 0 Å². The summed E-state index contributed by atoms with van der Waals surface area (Å²) in [4.78, 5) is 0. The molecule has 0 aliphatic heterocycles. The highest BCUT2D eigenvalue weighted by Crippen LogP contribution is 2.33. The maximum atomic E-state index is 14.1. The number of benzene rings is 2. The van der Waals surface area contributed by atoms with Crippen LogP contribution in [0, 0.1) is 5.82 Å². The zero-order valence-electron chi connectivity index (χ0n) is 12.2. The predicted octanol–water partition coefficient (Wildman–Crippen LogP) is 4.40. The first-order valence-electron chi connectivity index (χ1n) is 6.86. The van der Waals surface area contributed by atoms with Crippen molar-refractivity contribution in [3.8, 4) is 5.75 Å². The number of halogens is 2. The molecule has 4 heteroatoms. The van der Waals surface area contributed by atoms with Gasteiger partial charge >= 0.3 is 0 Å². The van der Waals surface area contributed by atoms with Crippen LogP contribution in [-0.2, 0) is 12.0 Å². The standard InChI is InChI=1S/C17H19BrFNO/c1-3-17(20,14-6-4-5-7-15(14)19)11-12-10-13(18)8-9-16(12)21-2/h4-10H,3,11,20H2,1-2H3. The van der Waals surface area contributed by atoms with Gasteiger partial charge in [0.05, 0.1) is 7.11 Å². The SMILES string of the molecule is CCC(N)(Cc1cc(Br)ccc1OC)c1ccccc1F. The van der Waals surface area contributed by atoms with Gasteiger partial charge < -0.3 is 10.5 Å². The van der Waals surface area contributed by atoms with E-state index in [9.17, 15) is 4.39 Å². The van der Waals surface area contributed by atoms with Crippen molar-refractivity contribution in [1.82, 2.24) is 0 Å². The Morgan fingerprint density at radius 2 is 1.95 bits per heavy atom. The molecule has 0 aromatic heterocycles. The highest BCUT2D eigenvalue weighted by molar-refractivity contribution is 9.10. The topological polar surface area (TPSA) is 35.2 Å². The van der Waals surface area contributed by atoms with Gasteiger partial charge in [-0.2, -0.15) is 0 Å². The summed E-state index contributed by atoms with van der Waals surface area (Å²) in [7, 11) is 1.62. The van der Waals surface area contributed by atoms with Gasteiger partial charge in [-0.1, -0.05) is 41.1 Å². The van der Waals surface area contributed by atoms with Crippen LogP contribution in [0.15, 0.2) is 46.9 Å². The van der Waals surface area contributed by atoms with Crippen molar-refractivity contribution in [3.05, 3.63) is 63.9 Å². The summed E-state index contributed by atoms with van der Waals surface area (Å²) in [6.45, 7) is 1.97. The van der Waals surface area contributed by atoms with E-state index in [1.807, 2.05) is 31.2 Å². The molecular weight excluding hydrogens is 333 g/mol. The van der Waals surface area contributed by atoms with Crippen molar-refractivity contribution in [1.29, 1.82) is 0 Å². The molecule has 2 nitrogen and oxygen atoms in total. The third-order valence-electron chi connectivity index (χ3n) is 3.79. The molecule has 0 bridgehead atoms. The fourth-order valence-corrected chi connectivity index (χ4v) is 2.91. The van der Waals surface area contributed by atoms with E-state index in [0.29, 0.717) is 18.4 Å². The monoisotopic (exact) mass is 351 g/mol. The maximum Gasteiger partial charge on any atom is 0.128 e. The fraction of sp³-hybridized carbons (Fsp3) is 0.294. The first-order valence-corrected chi connectivity index (χ1v) is 7.66. The Balaban J connectivity index is 2.44. The van der Waals surface area contributed by atoms with Crippen LogP contribution in [0.4, 0.5) is 4.39 Å². The number of rotatable bonds is 5. The molecule has 0 aliphatic rings. The Morgan fingerprint density at radius 3 is 2.57 bits per heavy atom. The Bertz CT molecular complexity index is 632. The molecule has 2 aromatic carbocycles. The fourth-order valence-electron chi connectivity index (χ4n) is 2.50. The van der Waals surface area contributed by atoms with Gasteiger partial charge in [0.15, 0.2) is 0 Å². The summed E-state index contributed by atoms with van der Waals surface area (Å²) in [5.41, 5.74) is 7.24. The number of nitrogens with two attached hydrogens (primary N) is 1. The number of ether oxygens (including phenoxy) is 1. The Morgan fingerprint density at radius 1 is 1.24 bits per heavy atom. The van der Waals surface area contributed by atoms with Gasteiger partial charge in [0.25, 0.3) is 0 Å². The van der Waals surface area contributed by atoms with E-state index in [1.165, 1.54) is 6.07 Å². The normalized spacial score (nSPS) is 13.8. The lowest BCUT2D eigenvalue weighted by molar-refractivity contribution is 0.377. The molecule has 2 N–H and O–H groups in total. The second-order valence-corrected chi connectivity index (χ2v) is 6.04. The van der Waals surface area contributed by atoms with Crippen LogP contribution in [0.3, 0.4) is 0 Å². The minimum Gasteiger partial charge on any atom is -0.496 e. The molecule has 1 atom stereocenters. The van der Waals surface area contributed by atoms with E-state index in [0.717, 1.165) is 15.8 Å². The summed E-state index contributed by atoms with van der Waals surface area (Å²) in [5, 5.41) is 0. The molecule has 0 spiro atoms. The van der Waals surface area contributed by atoms with Crippen molar-refractivity contribution in [2.75, 3.05) is 7.11 Å². The summed E-state index contributed by atoms with van der Waals surface area (Å²) in [6, 6.07) is 12.5. The van der Waals surface area contributed by atoms with Crippen molar-refractivity contribution >= 4 is 15.9 Å². The summed E-state index contributed by atoms with van der Waals surface area (Å²) >= 11 is 3.46. The second-order valence-electron chi connectivity index (χ2n) is 5.12. The Hall–Kier alpha value is -1.39. The lowest BCUT2D eigenvalue weighted by atomic mass is 9.82. The molecule has 0 heterocycles. The third kappa shape index (κ3) is 3.44. The largest absolute Gasteiger partial charge is 0.496 e. The van der Waals surface area contributed by atoms with E-state index in [2.05, 4.69) is 15.9 Å². The zero-order valence-corrected chi connectivity index (χ0v) is 13.8. The van der Waals surface area contributed by atoms with E-state index >= 15 is 0 Å². The highest BCUT2D eigenvalue weighted by Gasteiger charge is 2.29. The molecule has 0 aliphatic carbocycles. The van der Waals surface area contributed by atoms with Crippen LogP contribution < -0.4 is 10.5 Å². The molecule has 21 heavy (non-hydrogen) atoms. The van der Waals surface area contributed by atoms with Crippen molar-refractivity contribution in [3.63, 3.8) is 0 Å². The minimum atomic E-state index is -0.764. The van der Waals surface area contributed by atoms with Crippen LogP contribution in [-0.4, -0.2) is 7.11 Å². The Labute approximate surface area is 133 Å². The van der Waals surface area contributed by atoms with Gasteiger partial charge in [-0.25, -0.2) is 4.39 Å². The molecule has 0 radical (unpaired) electrons. The van der Waals surface area contributed by atoms with Gasteiger partial charge in [-0.05, 0) is 42.7 Å². The van der Waals surface area contributed by atoms with Crippen molar-refractivity contribution < 1.29 is 9.13 Å². The van der Waals surface area contributed by atoms with Crippen molar-refractivity contribution in [2.24, 2.45) is 5.73 Å². The molecule has 0 fully saturated rings. The lowest BCUT2D eigenvalue weighted by Gasteiger charge is -2.30. The summed E-state index contributed by atoms with van der Waals surface area (Å²) in [5.74, 6) is 0.494.